The van der Waals surface area contributed by atoms with Crippen LogP contribution in [0.15, 0.2) is 42.5 Å². The number of rotatable bonds is 3. The topological polar surface area (TPSA) is 57.5 Å². The summed E-state index contributed by atoms with van der Waals surface area (Å²) < 4.78 is 12.1. The van der Waals surface area contributed by atoms with E-state index in [0.29, 0.717) is 16.9 Å². The lowest BCUT2D eigenvalue weighted by atomic mass is 10.1. The van der Waals surface area contributed by atoms with E-state index >= 15 is 0 Å². The minimum Gasteiger partial charge on any atom is -0.496 e. The summed E-state index contributed by atoms with van der Waals surface area (Å²) in [7, 11) is 2.93. The number of carbonyl (C=O) groups is 2. The number of ether oxygens (including phenoxy) is 2. The Morgan fingerprint density at radius 1 is 1.04 bits per heavy atom. The van der Waals surface area contributed by atoms with Crippen LogP contribution in [0.3, 0.4) is 0 Å². The first kappa shape index (κ1) is 14.5. The van der Waals surface area contributed by atoms with Gasteiger partial charge in [0, 0.05) is 11.1 Å². The second-order valence-electron chi connectivity index (χ2n) is 5.61. The highest BCUT2D eigenvalue weighted by Crippen LogP contribution is 2.45. The van der Waals surface area contributed by atoms with Gasteiger partial charge in [0.1, 0.15) is 12.3 Å². The highest BCUT2D eigenvalue weighted by molar-refractivity contribution is 6.28. The van der Waals surface area contributed by atoms with E-state index in [9.17, 15) is 9.59 Å². The summed E-state index contributed by atoms with van der Waals surface area (Å²) in [6.45, 7) is 0.0388. The van der Waals surface area contributed by atoms with Gasteiger partial charge in [-0.15, -0.1) is 0 Å². The van der Waals surface area contributed by atoms with Crippen molar-refractivity contribution in [1.82, 2.24) is 4.57 Å². The van der Waals surface area contributed by atoms with E-state index in [0.717, 1.165) is 22.2 Å². The number of aromatic nitrogens is 1. The first-order chi connectivity index (χ1) is 11.7. The number of carbonyl (C=O) groups excluding carboxylic acids is 2. The number of fused-ring (bicyclic) bond motifs is 5. The van der Waals surface area contributed by atoms with Crippen LogP contribution in [0.5, 0.6) is 5.75 Å². The molecule has 1 heterocycles. The fourth-order valence-corrected chi connectivity index (χ4v) is 3.42. The molecule has 4 rings (SSSR count). The molecule has 0 aliphatic heterocycles. The van der Waals surface area contributed by atoms with E-state index in [2.05, 4.69) is 0 Å². The highest BCUT2D eigenvalue weighted by Gasteiger charge is 2.34. The van der Waals surface area contributed by atoms with Crippen molar-refractivity contribution in [1.29, 1.82) is 0 Å². The Kier molecular flexibility index (Phi) is 3.16. The molecule has 24 heavy (non-hydrogen) atoms. The van der Waals surface area contributed by atoms with E-state index < -0.39 is 0 Å². The van der Waals surface area contributed by atoms with Crippen molar-refractivity contribution in [2.24, 2.45) is 0 Å². The number of hydrogen-bond donors (Lipinski definition) is 0. The van der Waals surface area contributed by atoms with E-state index in [1.807, 2.05) is 41.0 Å². The molecule has 0 saturated heterocycles. The lowest BCUT2D eigenvalue weighted by molar-refractivity contribution is -0.141. The molecule has 0 fully saturated rings. The number of methoxy groups -OCH3 is 2. The Morgan fingerprint density at radius 2 is 1.79 bits per heavy atom. The Labute approximate surface area is 138 Å². The molecule has 5 nitrogen and oxygen atoms in total. The smallest absolute Gasteiger partial charge is 0.325 e. The van der Waals surface area contributed by atoms with E-state index in [1.165, 1.54) is 7.11 Å². The monoisotopic (exact) mass is 321 g/mol. The zero-order chi connectivity index (χ0) is 16.8. The van der Waals surface area contributed by atoms with Crippen LogP contribution >= 0.6 is 0 Å². The SMILES string of the molecule is COC(=O)Cn1c2c(c3c(OC)cccc31)C(=O)c1ccccc1-2. The summed E-state index contributed by atoms with van der Waals surface area (Å²) in [5.41, 5.74) is 3.61. The number of ketones is 1. The van der Waals surface area contributed by atoms with Crippen molar-refractivity contribution in [3.63, 3.8) is 0 Å². The minimum atomic E-state index is -0.366. The third kappa shape index (κ3) is 1.81. The normalized spacial score (nSPS) is 12.2. The zero-order valence-electron chi connectivity index (χ0n) is 13.3. The van der Waals surface area contributed by atoms with Gasteiger partial charge < -0.3 is 14.0 Å². The fourth-order valence-electron chi connectivity index (χ4n) is 3.42. The first-order valence-electron chi connectivity index (χ1n) is 7.57. The summed E-state index contributed by atoms with van der Waals surface area (Å²) in [4.78, 5) is 24.9. The lowest BCUT2D eigenvalue weighted by Gasteiger charge is -2.10. The average Bonchev–Trinajstić information content (AvgIpc) is 3.09. The van der Waals surface area contributed by atoms with Gasteiger partial charge >= 0.3 is 5.97 Å². The van der Waals surface area contributed by atoms with Gasteiger partial charge in [-0.1, -0.05) is 30.3 Å². The van der Waals surface area contributed by atoms with Gasteiger partial charge in [-0.3, -0.25) is 9.59 Å². The molecule has 0 bridgehead atoms. The third-order valence-electron chi connectivity index (χ3n) is 4.44. The van der Waals surface area contributed by atoms with Crippen LogP contribution in [-0.4, -0.2) is 30.5 Å². The van der Waals surface area contributed by atoms with Gasteiger partial charge in [0.15, 0.2) is 5.78 Å². The second kappa shape index (κ2) is 5.23. The van der Waals surface area contributed by atoms with Crippen LogP contribution in [0.4, 0.5) is 0 Å². The molecule has 0 unspecified atom stereocenters. The Bertz CT molecular complexity index is 1000. The Balaban J connectivity index is 2.12. The lowest BCUT2D eigenvalue weighted by Crippen LogP contribution is -2.12. The molecule has 0 N–H and O–H groups in total. The predicted molar refractivity (Wildman–Crippen MR) is 89.4 cm³/mol. The van der Waals surface area contributed by atoms with Crippen molar-refractivity contribution in [2.45, 2.75) is 6.54 Å². The molecule has 0 spiro atoms. The molecular weight excluding hydrogens is 306 g/mol. The molecule has 3 aromatic rings. The van der Waals surface area contributed by atoms with Crippen LogP contribution in [0, 0.1) is 0 Å². The molecule has 2 aromatic carbocycles. The number of nitrogens with zero attached hydrogens (tertiary/aromatic N) is 1. The van der Waals surface area contributed by atoms with Crippen molar-refractivity contribution >= 4 is 22.7 Å². The molecule has 0 amide bonds. The second-order valence-corrected chi connectivity index (χ2v) is 5.61. The van der Waals surface area contributed by atoms with Crippen LogP contribution in [-0.2, 0) is 16.1 Å². The quantitative estimate of drug-likeness (QED) is 0.544. The van der Waals surface area contributed by atoms with Crippen molar-refractivity contribution in [2.75, 3.05) is 14.2 Å². The highest BCUT2D eigenvalue weighted by atomic mass is 16.5. The Morgan fingerprint density at radius 3 is 2.50 bits per heavy atom. The molecule has 1 aromatic heterocycles. The summed E-state index contributed by atoms with van der Waals surface area (Å²) in [6, 6.07) is 13.0. The van der Waals surface area contributed by atoms with Crippen LogP contribution in [0.25, 0.3) is 22.2 Å². The summed E-state index contributed by atoms with van der Waals surface area (Å²) in [6.07, 6.45) is 0. The zero-order valence-corrected chi connectivity index (χ0v) is 13.3. The standard InChI is InChI=1S/C19H15NO4/c1-23-14-9-5-8-13-16(14)17-18(20(13)10-15(21)24-2)11-6-3-4-7-12(11)19(17)22/h3-9H,10H2,1-2H3. The molecule has 0 radical (unpaired) electrons. The van der Waals surface area contributed by atoms with Gasteiger partial charge in [0.05, 0.1) is 36.4 Å². The minimum absolute atomic E-state index is 0.0388. The Hall–Kier alpha value is -3.08. The van der Waals surface area contributed by atoms with Gasteiger partial charge in [-0.2, -0.15) is 0 Å². The first-order valence-corrected chi connectivity index (χ1v) is 7.57. The summed E-state index contributed by atoms with van der Waals surface area (Å²) in [5.74, 6) is 0.210. The molecule has 1 aliphatic rings. The predicted octanol–water partition coefficient (Wildman–Crippen LogP) is 3.03. The maximum absolute atomic E-state index is 13.0. The van der Waals surface area contributed by atoms with Gasteiger partial charge in [0.25, 0.3) is 0 Å². The summed E-state index contributed by atoms with van der Waals surface area (Å²) in [5, 5.41) is 0.736. The molecule has 5 heteroatoms. The van der Waals surface area contributed by atoms with Crippen LogP contribution < -0.4 is 4.74 Å². The van der Waals surface area contributed by atoms with E-state index in [-0.39, 0.29) is 18.3 Å². The number of hydrogen-bond acceptors (Lipinski definition) is 4. The van der Waals surface area contributed by atoms with Gasteiger partial charge in [0.2, 0.25) is 0 Å². The van der Waals surface area contributed by atoms with E-state index in [4.69, 9.17) is 9.47 Å². The molecule has 0 atom stereocenters. The van der Waals surface area contributed by atoms with Crippen molar-refractivity contribution < 1.29 is 19.1 Å². The maximum atomic E-state index is 13.0. The fraction of sp³-hybridized carbons (Fsp3) is 0.158. The molecule has 1 aliphatic carbocycles. The molecular formula is C19H15NO4. The number of esters is 1. The summed E-state index contributed by atoms with van der Waals surface area (Å²) >= 11 is 0. The maximum Gasteiger partial charge on any atom is 0.325 e. The van der Waals surface area contributed by atoms with E-state index in [1.54, 1.807) is 13.2 Å². The number of benzene rings is 2. The van der Waals surface area contributed by atoms with Crippen molar-refractivity contribution in [3.05, 3.63) is 53.6 Å². The van der Waals surface area contributed by atoms with Gasteiger partial charge in [-0.25, -0.2) is 0 Å². The third-order valence-corrected chi connectivity index (χ3v) is 4.44. The largest absolute Gasteiger partial charge is 0.496 e. The van der Waals surface area contributed by atoms with Crippen LogP contribution in [0.1, 0.15) is 15.9 Å². The van der Waals surface area contributed by atoms with Gasteiger partial charge in [-0.05, 0) is 12.1 Å². The average molecular weight is 321 g/mol. The molecule has 0 saturated carbocycles. The van der Waals surface area contributed by atoms with Crippen molar-refractivity contribution in [3.8, 4) is 17.0 Å². The van der Waals surface area contributed by atoms with Crippen LogP contribution in [0.2, 0.25) is 0 Å². The molecule has 120 valence electrons.